The van der Waals surface area contributed by atoms with Crippen LogP contribution in [0.5, 0.6) is 0 Å². The van der Waals surface area contributed by atoms with Crippen molar-refractivity contribution < 1.29 is 4.74 Å². The second kappa shape index (κ2) is 4.74. The average molecular weight is 146 g/mol. The molecule has 54 valence electrons. The number of methoxy groups -OCH3 is 1. The Labute approximate surface area is 62.4 Å². The van der Waals surface area contributed by atoms with Crippen molar-refractivity contribution in [3.63, 3.8) is 0 Å². The lowest BCUT2D eigenvalue weighted by Gasteiger charge is -2.03. The van der Waals surface area contributed by atoms with Crippen molar-refractivity contribution in [3.05, 3.63) is 0 Å². The molecule has 0 bridgehead atoms. The highest BCUT2D eigenvalue weighted by Crippen LogP contribution is 2.04. The van der Waals surface area contributed by atoms with Crippen LogP contribution in [-0.2, 0) is 4.74 Å². The van der Waals surface area contributed by atoms with Crippen LogP contribution in [0, 0.1) is 5.92 Å². The molecule has 0 atom stereocenters. The van der Waals surface area contributed by atoms with Crippen LogP contribution in [0.25, 0.3) is 0 Å². The SMILES string of the molecule is COC(=S)CCC(C)C. The molecule has 0 aromatic carbocycles. The van der Waals surface area contributed by atoms with Crippen LogP contribution >= 0.6 is 12.2 Å². The summed E-state index contributed by atoms with van der Waals surface area (Å²) in [5.74, 6) is 0.720. The summed E-state index contributed by atoms with van der Waals surface area (Å²) in [5.41, 5.74) is 0. The van der Waals surface area contributed by atoms with Crippen LogP contribution in [0.1, 0.15) is 26.7 Å². The van der Waals surface area contributed by atoms with Crippen molar-refractivity contribution in [1.82, 2.24) is 0 Å². The molecule has 0 aliphatic rings. The van der Waals surface area contributed by atoms with Gasteiger partial charge in [0.1, 0.15) is 0 Å². The van der Waals surface area contributed by atoms with Crippen molar-refractivity contribution in [1.29, 1.82) is 0 Å². The topological polar surface area (TPSA) is 9.23 Å². The molecule has 0 aliphatic carbocycles. The van der Waals surface area contributed by atoms with E-state index >= 15 is 0 Å². The van der Waals surface area contributed by atoms with Gasteiger partial charge in [0.15, 0.2) is 5.05 Å². The zero-order chi connectivity index (χ0) is 7.28. The van der Waals surface area contributed by atoms with E-state index in [9.17, 15) is 0 Å². The normalized spacial score (nSPS) is 9.78. The predicted molar refractivity (Wildman–Crippen MR) is 43.7 cm³/mol. The molecule has 0 amide bonds. The lowest BCUT2D eigenvalue weighted by molar-refractivity contribution is 0.395. The van der Waals surface area contributed by atoms with E-state index in [4.69, 9.17) is 17.0 Å². The highest BCUT2D eigenvalue weighted by molar-refractivity contribution is 7.80. The molecule has 0 radical (unpaired) electrons. The Morgan fingerprint density at radius 1 is 1.56 bits per heavy atom. The molecule has 0 fully saturated rings. The van der Waals surface area contributed by atoms with Crippen LogP contribution in [0.4, 0.5) is 0 Å². The van der Waals surface area contributed by atoms with E-state index < -0.39 is 0 Å². The van der Waals surface area contributed by atoms with Crippen molar-refractivity contribution in [2.45, 2.75) is 26.7 Å². The van der Waals surface area contributed by atoms with Gasteiger partial charge in [-0.3, -0.25) is 0 Å². The second-order valence-corrected chi connectivity index (χ2v) is 2.96. The average Bonchev–Trinajstić information content (AvgIpc) is 1.83. The fourth-order valence-electron chi connectivity index (χ4n) is 0.509. The van der Waals surface area contributed by atoms with Crippen molar-refractivity contribution in [3.8, 4) is 0 Å². The van der Waals surface area contributed by atoms with Gasteiger partial charge < -0.3 is 4.74 Å². The summed E-state index contributed by atoms with van der Waals surface area (Å²) in [7, 11) is 1.63. The molecule has 0 aromatic rings. The molecule has 0 unspecified atom stereocenters. The number of hydrogen-bond donors (Lipinski definition) is 0. The Morgan fingerprint density at radius 2 is 2.11 bits per heavy atom. The Kier molecular flexibility index (Phi) is 4.68. The molecular weight excluding hydrogens is 132 g/mol. The minimum absolute atomic E-state index is 0.720. The lowest BCUT2D eigenvalue weighted by Crippen LogP contribution is -1.99. The van der Waals surface area contributed by atoms with Gasteiger partial charge in [-0.25, -0.2) is 0 Å². The quantitative estimate of drug-likeness (QED) is 0.565. The first-order valence-corrected chi connectivity index (χ1v) is 3.64. The summed E-state index contributed by atoms with van der Waals surface area (Å²) < 4.78 is 4.83. The second-order valence-electron chi connectivity index (χ2n) is 2.51. The molecule has 2 heteroatoms. The highest BCUT2D eigenvalue weighted by Gasteiger charge is 1.97. The van der Waals surface area contributed by atoms with Crippen LogP contribution in [0.2, 0.25) is 0 Å². The van der Waals surface area contributed by atoms with Gasteiger partial charge in [0.05, 0.1) is 7.11 Å². The van der Waals surface area contributed by atoms with Crippen molar-refractivity contribution >= 4 is 17.3 Å². The van der Waals surface area contributed by atoms with Gasteiger partial charge in [0, 0.05) is 6.42 Å². The lowest BCUT2D eigenvalue weighted by atomic mass is 10.1. The fourth-order valence-corrected chi connectivity index (χ4v) is 0.626. The Hall–Kier alpha value is -0.110. The molecule has 0 saturated carbocycles. The number of rotatable bonds is 3. The smallest absolute Gasteiger partial charge is 0.159 e. The standard InChI is InChI=1S/C7H14OS/c1-6(2)4-5-7(9)8-3/h6H,4-5H2,1-3H3. The summed E-state index contributed by atoms with van der Waals surface area (Å²) in [6, 6.07) is 0. The fraction of sp³-hybridized carbons (Fsp3) is 0.857. The molecule has 0 aromatic heterocycles. The third kappa shape index (κ3) is 5.77. The van der Waals surface area contributed by atoms with Crippen LogP contribution in [-0.4, -0.2) is 12.2 Å². The van der Waals surface area contributed by atoms with E-state index in [1.807, 2.05) is 0 Å². The van der Waals surface area contributed by atoms with Gasteiger partial charge in [-0.2, -0.15) is 0 Å². The summed E-state index contributed by atoms with van der Waals surface area (Å²) in [6.45, 7) is 4.36. The van der Waals surface area contributed by atoms with Gasteiger partial charge >= 0.3 is 0 Å². The molecular formula is C7H14OS. The summed E-state index contributed by atoms with van der Waals surface area (Å²) in [6.07, 6.45) is 2.05. The maximum absolute atomic E-state index is 4.85. The van der Waals surface area contributed by atoms with Gasteiger partial charge in [-0.15, -0.1) is 0 Å². The molecule has 1 nitrogen and oxygen atoms in total. The minimum atomic E-state index is 0.720. The van der Waals surface area contributed by atoms with Gasteiger partial charge in [0.2, 0.25) is 0 Å². The Bertz CT molecular complexity index is 88.9. The number of thiocarbonyl (C=S) groups is 1. The number of ether oxygens (including phenoxy) is 1. The predicted octanol–water partition coefficient (Wildman–Crippen LogP) is 2.40. The third-order valence-corrected chi connectivity index (χ3v) is 1.52. The van der Waals surface area contributed by atoms with Crippen LogP contribution < -0.4 is 0 Å². The van der Waals surface area contributed by atoms with E-state index in [2.05, 4.69) is 13.8 Å². The van der Waals surface area contributed by atoms with Crippen molar-refractivity contribution in [2.24, 2.45) is 5.92 Å². The zero-order valence-electron chi connectivity index (χ0n) is 6.31. The van der Waals surface area contributed by atoms with Gasteiger partial charge in [-0.1, -0.05) is 13.8 Å². The van der Waals surface area contributed by atoms with Crippen LogP contribution in [0.15, 0.2) is 0 Å². The van der Waals surface area contributed by atoms with E-state index in [0.717, 1.165) is 23.8 Å². The number of hydrogen-bond acceptors (Lipinski definition) is 2. The van der Waals surface area contributed by atoms with Crippen LogP contribution in [0.3, 0.4) is 0 Å². The first-order valence-electron chi connectivity index (χ1n) is 3.23. The molecule has 0 aliphatic heterocycles. The Balaban J connectivity index is 3.17. The third-order valence-electron chi connectivity index (χ3n) is 1.15. The molecule has 9 heavy (non-hydrogen) atoms. The monoisotopic (exact) mass is 146 g/mol. The first-order chi connectivity index (χ1) is 4.16. The van der Waals surface area contributed by atoms with E-state index in [1.165, 1.54) is 0 Å². The largest absolute Gasteiger partial charge is 0.490 e. The molecule has 0 rings (SSSR count). The molecule has 0 N–H and O–H groups in total. The Morgan fingerprint density at radius 3 is 2.44 bits per heavy atom. The maximum atomic E-state index is 4.85. The highest BCUT2D eigenvalue weighted by atomic mass is 32.1. The van der Waals surface area contributed by atoms with E-state index in [1.54, 1.807) is 7.11 Å². The van der Waals surface area contributed by atoms with Gasteiger partial charge in [0.25, 0.3) is 0 Å². The first kappa shape index (κ1) is 8.89. The summed E-state index contributed by atoms with van der Waals surface area (Å²) in [4.78, 5) is 0. The van der Waals surface area contributed by atoms with Gasteiger partial charge in [-0.05, 0) is 24.6 Å². The van der Waals surface area contributed by atoms with Crippen molar-refractivity contribution in [2.75, 3.05) is 7.11 Å². The zero-order valence-corrected chi connectivity index (χ0v) is 7.12. The summed E-state index contributed by atoms with van der Waals surface area (Å²) >= 11 is 4.85. The molecule has 0 spiro atoms. The maximum Gasteiger partial charge on any atom is 0.159 e. The molecule has 0 heterocycles. The summed E-state index contributed by atoms with van der Waals surface area (Å²) in [5, 5.41) is 0.726. The minimum Gasteiger partial charge on any atom is -0.490 e. The van der Waals surface area contributed by atoms with E-state index in [0.29, 0.717) is 0 Å². The van der Waals surface area contributed by atoms with E-state index in [-0.39, 0.29) is 0 Å². The molecule has 0 saturated heterocycles.